The average molecular weight is 284 g/mol. The molecule has 0 aromatic heterocycles. The monoisotopic (exact) mass is 284 g/mol. The van der Waals surface area contributed by atoms with Crippen LogP contribution in [0, 0.1) is 0 Å². The molecule has 0 spiro atoms. The Morgan fingerprint density at radius 1 is 0.700 bits per heavy atom. The molecular weight excluding hydrogens is 248 g/mol. The van der Waals surface area contributed by atoms with Crippen molar-refractivity contribution in [1.82, 2.24) is 10.6 Å². The van der Waals surface area contributed by atoms with E-state index in [4.69, 9.17) is 0 Å². The Kier molecular flexibility index (Phi) is 10.0. The number of nitrogens with one attached hydrogen (secondary N) is 2. The maximum Gasteiger partial charge on any atom is 0.0883 e. The molecule has 0 aliphatic heterocycles. The number of hydrogen-bond donors (Lipinski definition) is 2. The van der Waals surface area contributed by atoms with Gasteiger partial charge < -0.3 is 10.6 Å². The molecular formula is C16H36N4. The van der Waals surface area contributed by atoms with Crippen molar-refractivity contribution in [2.45, 2.75) is 78.3 Å². The fourth-order valence-corrected chi connectivity index (χ4v) is 1.73. The summed E-state index contributed by atoms with van der Waals surface area (Å²) >= 11 is 0. The molecule has 4 nitrogen and oxygen atoms in total. The van der Waals surface area contributed by atoms with Crippen LogP contribution in [0.2, 0.25) is 0 Å². The van der Waals surface area contributed by atoms with Crippen LogP contribution < -0.4 is 10.6 Å². The van der Waals surface area contributed by atoms with Crippen molar-refractivity contribution < 1.29 is 0 Å². The van der Waals surface area contributed by atoms with E-state index in [-0.39, 0.29) is 11.1 Å². The number of rotatable bonds is 12. The zero-order valence-corrected chi connectivity index (χ0v) is 14.6. The third-order valence-electron chi connectivity index (χ3n) is 3.12. The van der Waals surface area contributed by atoms with E-state index in [9.17, 15) is 0 Å². The molecule has 20 heavy (non-hydrogen) atoms. The van der Waals surface area contributed by atoms with E-state index in [1.807, 2.05) is 0 Å². The van der Waals surface area contributed by atoms with Gasteiger partial charge in [0.25, 0.3) is 0 Å². The predicted molar refractivity (Wildman–Crippen MR) is 88.6 cm³/mol. The van der Waals surface area contributed by atoms with E-state index in [0.29, 0.717) is 0 Å². The van der Waals surface area contributed by atoms with Gasteiger partial charge >= 0.3 is 0 Å². The minimum Gasteiger partial charge on any atom is -0.314 e. The molecule has 0 unspecified atom stereocenters. The van der Waals surface area contributed by atoms with Crippen molar-refractivity contribution in [3.8, 4) is 0 Å². The number of azo groups is 1. The summed E-state index contributed by atoms with van der Waals surface area (Å²) in [5.74, 6) is 0. The second kappa shape index (κ2) is 10.3. The van der Waals surface area contributed by atoms with Crippen molar-refractivity contribution in [3.63, 3.8) is 0 Å². The lowest BCUT2D eigenvalue weighted by Gasteiger charge is -2.24. The molecule has 0 rings (SSSR count). The van der Waals surface area contributed by atoms with E-state index < -0.39 is 0 Å². The summed E-state index contributed by atoms with van der Waals surface area (Å²) in [7, 11) is 0. The Bertz CT molecular complexity index is 233. The Hall–Kier alpha value is -0.480. The lowest BCUT2D eigenvalue weighted by Crippen LogP contribution is -2.36. The van der Waals surface area contributed by atoms with Gasteiger partial charge in [-0.15, -0.1) is 0 Å². The van der Waals surface area contributed by atoms with Crippen LogP contribution in [0.1, 0.15) is 67.2 Å². The maximum atomic E-state index is 4.55. The average Bonchev–Trinajstić information content (AvgIpc) is 2.38. The molecule has 0 fully saturated rings. The molecule has 0 bridgehead atoms. The van der Waals surface area contributed by atoms with E-state index in [2.05, 4.69) is 62.4 Å². The molecule has 0 aliphatic rings. The van der Waals surface area contributed by atoms with E-state index in [1.165, 1.54) is 25.7 Å². The fourth-order valence-electron chi connectivity index (χ4n) is 1.73. The molecule has 0 radical (unpaired) electrons. The zero-order valence-electron chi connectivity index (χ0n) is 14.6. The Morgan fingerprint density at radius 3 is 1.35 bits per heavy atom. The summed E-state index contributed by atoms with van der Waals surface area (Å²) in [6, 6.07) is 0. The Morgan fingerprint density at radius 2 is 1.05 bits per heavy atom. The largest absolute Gasteiger partial charge is 0.314 e. The van der Waals surface area contributed by atoms with E-state index >= 15 is 0 Å². The summed E-state index contributed by atoms with van der Waals surface area (Å²) in [4.78, 5) is 0. The van der Waals surface area contributed by atoms with Crippen molar-refractivity contribution in [2.24, 2.45) is 10.2 Å². The van der Waals surface area contributed by atoms with Gasteiger partial charge in [-0.2, -0.15) is 10.2 Å². The normalized spacial score (nSPS) is 13.3. The van der Waals surface area contributed by atoms with E-state index in [1.54, 1.807) is 0 Å². The van der Waals surface area contributed by atoms with Crippen molar-refractivity contribution in [2.75, 3.05) is 26.2 Å². The maximum absolute atomic E-state index is 4.55. The molecule has 0 saturated carbocycles. The second-order valence-electron chi connectivity index (χ2n) is 6.89. The minimum absolute atomic E-state index is 0.131. The van der Waals surface area contributed by atoms with Gasteiger partial charge in [0.2, 0.25) is 0 Å². The molecule has 2 N–H and O–H groups in total. The van der Waals surface area contributed by atoms with Gasteiger partial charge in [-0.25, -0.2) is 0 Å². The van der Waals surface area contributed by atoms with Crippen LogP contribution in [0.5, 0.6) is 0 Å². The first-order valence-corrected chi connectivity index (χ1v) is 8.18. The summed E-state index contributed by atoms with van der Waals surface area (Å²) in [5, 5.41) is 16.0. The number of hydrogen-bond acceptors (Lipinski definition) is 4. The van der Waals surface area contributed by atoms with Crippen LogP contribution in [0.15, 0.2) is 10.2 Å². The van der Waals surface area contributed by atoms with Crippen LogP contribution in [0.4, 0.5) is 0 Å². The summed E-state index contributed by atoms with van der Waals surface area (Å²) in [6.45, 7) is 16.9. The molecule has 0 aromatic carbocycles. The van der Waals surface area contributed by atoms with Gasteiger partial charge in [0.1, 0.15) is 0 Å². The highest BCUT2D eigenvalue weighted by molar-refractivity contribution is 4.83. The zero-order chi connectivity index (χ0) is 15.5. The minimum atomic E-state index is -0.131. The first-order valence-electron chi connectivity index (χ1n) is 8.18. The summed E-state index contributed by atoms with van der Waals surface area (Å²) < 4.78 is 0. The van der Waals surface area contributed by atoms with E-state index in [0.717, 1.165) is 26.2 Å². The highest BCUT2D eigenvalue weighted by Crippen LogP contribution is 2.14. The molecule has 120 valence electrons. The van der Waals surface area contributed by atoms with Gasteiger partial charge in [0, 0.05) is 13.1 Å². The van der Waals surface area contributed by atoms with Gasteiger partial charge in [0.05, 0.1) is 11.1 Å². The topological polar surface area (TPSA) is 48.8 Å². The lowest BCUT2D eigenvalue weighted by molar-refractivity contribution is 0.387. The predicted octanol–water partition coefficient (Wildman–Crippen LogP) is 3.78. The first-order chi connectivity index (χ1) is 9.33. The Labute approximate surface area is 126 Å². The standard InChI is InChI=1S/C16H36N4/c1-7-9-11-17-13-15(3,4)19-20-16(5,6)14-18-12-10-8-2/h17-18H,7-14H2,1-6H3. The molecule has 0 aliphatic carbocycles. The SMILES string of the molecule is CCCCNCC(C)(C)N=NC(C)(C)CNCCCC. The van der Waals surface area contributed by atoms with Gasteiger partial charge in [-0.1, -0.05) is 26.7 Å². The highest BCUT2D eigenvalue weighted by Gasteiger charge is 2.20. The number of unbranched alkanes of at least 4 members (excludes halogenated alkanes) is 2. The fraction of sp³-hybridized carbons (Fsp3) is 1.00. The molecule has 0 heterocycles. The summed E-state index contributed by atoms with van der Waals surface area (Å²) in [5.41, 5.74) is -0.261. The quantitative estimate of drug-likeness (QED) is 0.423. The second-order valence-corrected chi connectivity index (χ2v) is 6.89. The molecule has 0 amide bonds. The Balaban J connectivity index is 4.07. The van der Waals surface area contributed by atoms with Crippen molar-refractivity contribution in [1.29, 1.82) is 0 Å². The van der Waals surface area contributed by atoms with Crippen molar-refractivity contribution >= 4 is 0 Å². The molecule has 0 aromatic rings. The van der Waals surface area contributed by atoms with Crippen LogP contribution in [0.25, 0.3) is 0 Å². The molecule has 0 atom stereocenters. The van der Waals surface area contributed by atoms with Crippen LogP contribution in [-0.4, -0.2) is 37.3 Å². The van der Waals surface area contributed by atoms with Gasteiger partial charge in [-0.3, -0.25) is 0 Å². The number of nitrogens with zero attached hydrogens (tertiary/aromatic N) is 2. The third-order valence-corrected chi connectivity index (χ3v) is 3.12. The van der Waals surface area contributed by atoms with Crippen LogP contribution in [-0.2, 0) is 0 Å². The smallest absolute Gasteiger partial charge is 0.0883 e. The van der Waals surface area contributed by atoms with Gasteiger partial charge in [-0.05, 0) is 53.6 Å². The van der Waals surface area contributed by atoms with Gasteiger partial charge in [0.15, 0.2) is 0 Å². The van der Waals surface area contributed by atoms with Crippen LogP contribution >= 0.6 is 0 Å². The third kappa shape index (κ3) is 11.4. The summed E-state index contributed by atoms with van der Waals surface area (Å²) in [6.07, 6.45) is 4.90. The molecule has 0 saturated heterocycles. The van der Waals surface area contributed by atoms with Crippen molar-refractivity contribution in [3.05, 3.63) is 0 Å². The highest BCUT2D eigenvalue weighted by atomic mass is 15.2. The first kappa shape index (κ1) is 19.5. The molecule has 4 heteroatoms. The lowest BCUT2D eigenvalue weighted by atomic mass is 10.1. The van der Waals surface area contributed by atoms with Crippen LogP contribution in [0.3, 0.4) is 0 Å².